The van der Waals surface area contributed by atoms with E-state index in [1.807, 2.05) is 30.3 Å². The zero-order chi connectivity index (χ0) is 9.52. The van der Waals surface area contributed by atoms with E-state index in [1.165, 1.54) is 0 Å². The molecule has 0 heterocycles. The molecule has 0 aliphatic rings. The summed E-state index contributed by atoms with van der Waals surface area (Å²) in [7, 11) is 0. The molecule has 72 valence electrons. The molecule has 0 aromatic heterocycles. The van der Waals surface area contributed by atoms with Crippen molar-refractivity contribution in [2.45, 2.75) is 32.2 Å². The first-order chi connectivity index (χ1) is 6.38. The first kappa shape index (κ1) is 10.2. The van der Waals surface area contributed by atoms with Crippen LogP contribution in [-0.2, 0) is 0 Å². The molecule has 2 heteroatoms. The number of hydroxylamine groups is 1. The van der Waals surface area contributed by atoms with Crippen LogP contribution in [0.2, 0.25) is 0 Å². The zero-order valence-electron chi connectivity index (χ0n) is 8.03. The Bertz CT molecular complexity index is 223. The summed E-state index contributed by atoms with van der Waals surface area (Å²) in [6.45, 7) is 2.15. The Kier molecular flexibility index (Phi) is 4.50. The van der Waals surface area contributed by atoms with Gasteiger partial charge >= 0.3 is 0 Å². The molecule has 1 aromatic rings. The lowest BCUT2D eigenvalue weighted by Gasteiger charge is -2.14. The van der Waals surface area contributed by atoms with Crippen molar-refractivity contribution in [3.8, 4) is 0 Å². The van der Waals surface area contributed by atoms with Gasteiger partial charge in [-0.25, -0.2) is 0 Å². The van der Waals surface area contributed by atoms with E-state index in [2.05, 4.69) is 12.4 Å². The van der Waals surface area contributed by atoms with E-state index in [0.29, 0.717) is 0 Å². The second-order valence-electron chi connectivity index (χ2n) is 3.23. The highest BCUT2D eigenvalue weighted by Crippen LogP contribution is 2.17. The second kappa shape index (κ2) is 5.73. The minimum atomic E-state index is 0.0844. The monoisotopic (exact) mass is 179 g/mol. The van der Waals surface area contributed by atoms with E-state index in [9.17, 15) is 0 Å². The third kappa shape index (κ3) is 3.17. The molecular formula is C11H17NO. The number of rotatable bonds is 5. The number of hydrogen-bond acceptors (Lipinski definition) is 2. The fourth-order valence-electron chi connectivity index (χ4n) is 1.40. The summed E-state index contributed by atoms with van der Waals surface area (Å²) in [5, 5.41) is 8.96. The maximum Gasteiger partial charge on any atom is 0.0568 e. The van der Waals surface area contributed by atoms with Crippen molar-refractivity contribution in [1.82, 2.24) is 5.48 Å². The van der Waals surface area contributed by atoms with Crippen molar-refractivity contribution in [2.75, 3.05) is 0 Å². The quantitative estimate of drug-likeness (QED) is 0.681. The second-order valence-corrected chi connectivity index (χ2v) is 3.23. The average Bonchev–Trinajstić information content (AvgIpc) is 2.21. The van der Waals surface area contributed by atoms with Gasteiger partial charge in [-0.3, -0.25) is 0 Å². The Balaban J connectivity index is 2.56. The molecule has 0 fully saturated rings. The molecular weight excluding hydrogens is 162 g/mol. The third-order valence-corrected chi connectivity index (χ3v) is 2.20. The molecule has 0 amide bonds. The van der Waals surface area contributed by atoms with Crippen LogP contribution >= 0.6 is 0 Å². The summed E-state index contributed by atoms with van der Waals surface area (Å²) < 4.78 is 0. The zero-order valence-corrected chi connectivity index (χ0v) is 8.03. The molecule has 0 bridgehead atoms. The smallest absolute Gasteiger partial charge is 0.0568 e. The predicted octanol–water partition coefficient (Wildman–Crippen LogP) is 2.90. The number of unbranched alkanes of at least 4 members (excludes halogenated alkanes) is 1. The first-order valence-electron chi connectivity index (χ1n) is 4.83. The fourth-order valence-corrected chi connectivity index (χ4v) is 1.40. The number of nitrogens with one attached hydrogen (secondary N) is 1. The minimum absolute atomic E-state index is 0.0844. The summed E-state index contributed by atoms with van der Waals surface area (Å²) in [6.07, 6.45) is 3.27. The molecule has 1 rings (SSSR count). The van der Waals surface area contributed by atoms with Crippen molar-refractivity contribution in [3.05, 3.63) is 35.9 Å². The van der Waals surface area contributed by atoms with Crippen LogP contribution in [0.4, 0.5) is 0 Å². The molecule has 0 aliphatic carbocycles. The molecule has 1 atom stereocenters. The average molecular weight is 179 g/mol. The van der Waals surface area contributed by atoms with Gasteiger partial charge in [0, 0.05) is 0 Å². The summed E-state index contributed by atoms with van der Waals surface area (Å²) in [6, 6.07) is 10.1. The Morgan fingerprint density at radius 3 is 2.54 bits per heavy atom. The van der Waals surface area contributed by atoms with Crippen LogP contribution < -0.4 is 5.48 Å². The molecule has 13 heavy (non-hydrogen) atoms. The summed E-state index contributed by atoms with van der Waals surface area (Å²) in [5.74, 6) is 0. The van der Waals surface area contributed by atoms with Crippen LogP contribution in [0.25, 0.3) is 0 Å². The number of benzene rings is 1. The van der Waals surface area contributed by atoms with Crippen LogP contribution in [0, 0.1) is 0 Å². The number of hydrogen-bond donors (Lipinski definition) is 2. The lowest BCUT2D eigenvalue weighted by Crippen LogP contribution is -2.16. The maximum absolute atomic E-state index is 8.96. The van der Waals surface area contributed by atoms with Crippen LogP contribution in [0.3, 0.4) is 0 Å². The Morgan fingerprint density at radius 1 is 1.31 bits per heavy atom. The van der Waals surface area contributed by atoms with Crippen molar-refractivity contribution in [1.29, 1.82) is 0 Å². The van der Waals surface area contributed by atoms with E-state index in [-0.39, 0.29) is 6.04 Å². The van der Waals surface area contributed by atoms with Crippen LogP contribution in [-0.4, -0.2) is 5.21 Å². The van der Waals surface area contributed by atoms with E-state index >= 15 is 0 Å². The largest absolute Gasteiger partial charge is 0.316 e. The molecule has 0 spiro atoms. The normalized spacial score (nSPS) is 12.8. The molecule has 2 N–H and O–H groups in total. The van der Waals surface area contributed by atoms with Gasteiger partial charge in [-0.05, 0) is 12.0 Å². The predicted molar refractivity (Wildman–Crippen MR) is 53.6 cm³/mol. The fraction of sp³-hybridized carbons (Fsp3) is 0.455. The van der Waals surface area contributed by atoms with Crippen LogP contribution in [0.5, 0.6) is 0 Å². The van der Waals surface area contributed by atoms with E-state index in [4.69, 9.17) is 5.21 Å². The highest BCUT2D eigenvalue weighted by Gasteiger charge is 2.07. The lowest BCUT2D eigenvalue weighted by molar-refractivity contribution is 0.120. The Labute approximate surface area is 79.6 Å². The van der Waals surface area contributed by atoms with Crippen molar-refractivity contribution in [3.63, 3.8) is 0 Å². The lowest BCUT2D eigenvalue weighted by atomic mass is 10.0. The third-order valence-electron chi connectivity index (χ3n) is 2.20. The van der Waals surface area contributed by atoms with Crippen LogP contribution in [0.1, 0.15) is 37.8 Å². The molecule has 2 nitrogen and oxygen atoms in total. The van der Waals surface area contributed by atoms with Gasteiger partial charge in [-0.2, -0.15) is 5.48 Å². The SMILES string of the molecule is CCCCC(NO)c1ccccc1. The van der Waals surface area contributed by atoms with E-state index in [0.717, 1.165) is 24.8 Å². The highest BCUT2D eigenvalue weighted by atomic mass is 16.5. The summed E-state index contributed by atoms with van der Waals surface area (Å²) >= 11 is 0. The molecule has 1 unspecified atom stereocenters. The van der Waals surface area contributed by atoms with Gasteiger partial charge in [-0.1, -0.05) is 50.1 Å². The molecule has 0 saturated heterocycles. The standard InChI is InChI=1S/C11H17NO/c1-2-3-9-11(12-13)10-7-5-4-6-8-10/h4-8,11-13H,2-3,9H2,1H3. The van der Waals surface area contributed by atoms with Gasteiger partial charge in [0.1, 0.15) is 0 Å². The maximum atomic E-state index is 8.96. The highest BCUT2D eigenvalue weighted by molar-refractivity contribution is 5.18. The Hall–Kier alpha value is -0.860. The van der Waals surface area contributed by atoms with Gasteiger partial charge in [0.25, 0.3) is 0 Å². The van der Waals surface area contributed by atoms with Crippen LogP contribution in [0.15, 0.2) is 30.3 Å². The van der Waals surface area contributed by atoms with Gasteiger partial charge in [0.2, 0.25) is 0 Å². The van der Waals surface area contributed by atoms with Gasteiger partial charge < -0.3 is 5.21 Å². The summed E-state index contributed by atoms with van der Waals surface area (Å²) in [4.78, 5) is 0. The van der Waals surface area contributed by atoms with E-state index in [1.54, 1.807) is 0 Å². The molecule has 1 aromatic carbocycles. The van der Waals surface area contributed by atoms with Crippen molar-refractivity contribution < 1.29 is 5.21 Å². The molecule has 0 aliphatic heterocycles. The first-order valence-corrected chi connectivity index (χ1v) is 4.83. The van der Waals surface area contributed by atoms with Crippen molar-refractivity contribution >= 4 is 0 Å². The van der Waals surface area contributed by atoms with Gasteiger partial charge in [0.15, 0.2) is 0 Å². The minimum Gasteiger partial charge on any atom is -0.316 e. The van der Waals surface area contributed by atoms with E-state index < -0.39 is 0 Å². The Morgan fingerprint density at radius 2 is 2.00 bits per heavy atom. The van der Waals surface area contributed by atoms with Gasteiger partial charge in [-0.15, -0.1) is 0 Å². The topological polar surface area (TPSA) is 32.3 Å². The van der Waals surface area contributed by atoms with Crippen molar-refractivity contribution in [2.24, 2.45) is 0 Å². The molecule has 0 radical (unpaired) electrons. The summed E-state index contributed by atoms with van der Waals surface area (Å²) in [5.41, 5.74) is 3.50. The van der Waals surface area contributed by atoms with Gasteiger partial charge in [0.05, 0.1) is 6.04 Å². The molecule has 0 saturated carbocycles.